The van der Waals surface area contributed by atoms with E-state index in [0.29, 0.717) is 36.5 Å². The van der Waals surface area contributed by atoms with E-state index in [1.807, 2.05) is 12.3 Å². The van der Waals surface area contributed by atoms with Crippen LogP contribution < -0.4 is 10.2 Å². The lowest BCUT2D eigenvalue weighted by atomic mass is 9.88. The number of anilines is 3. The molecule has 4 heterocycles. The number of aliphatic hydroxyl groups excluding tert-OH is 1. The van der Waals surface area contributed by atoms with Gasteiger partial charge in [0, 0.05) is 54.4 Å². The number of pyridine rings is 1. The zero-order chi connectivity index (χ0) is 27.0. The molecule has 3 aromatic heterocycles. The van der Waals surface area contributed by atoms with Crippen molar-refractivity contribution in [1.29, 1.82) is 0 Å². The lowest BCUT2D eigenvalue weighted by Gasteiger charge is -2.48. The Morgan fingerprint density at radius 2 is 1.95 bits per heavy atom. The van der Waals surface area contributed by atoms with Gasteiger partial charge >= 0.3 is 0 Å². The molecule has 0 aliphatic carbocycles. The van der Waals surface area contributed by atoms with E-state index in [2.05, 4.69) is 58.2 Å². The summed E-state index contributed by atoms with van der Waals surface area (Å²) < 4.78 is 25.3. The van der Waals surface area contributed by atoms with Crippen molar-refractivity contribution in [1.82, 2.24) is 24.7 Å². The smallest absolute Gasteiger partial charge is 0.164 e. The van der Waals surface area contributed by atoms with Gasteiger partial charge < -0.3 is 15.3 Å². The molecule has 1 aliphatic rings. The molecule has 10 nitrogen and oxygen atoms in total. The predicted molar refractivity (Wildman–Crippen MR) is 149 cm³/mol. The monoisotopic (exact) mass is 535 g/mol. The van der Waals surface area contributed by atoms with Gasteiger partial charge in [-0.05, 0) is 42.0 Å². The molecule has 5 rings (SSSR count). The number of sulfone groups is 1. The van der Waals surface area contributed by atoms with Crippen LogP contribution in [0.4, 0.5) is 17.3 Å². The third kappa shape index (κ3) is 5.34. The Bertz CT molecular complexity index is 1570. The SMILES string of the molecule is CC(C)c1ccc(N2C[C@H](CS(C)(=O)=O)[C@H]2C)c2cnc(Nc3ccnc(-c4cnn(CCO)c4)n3)cc12. The van der Waals surface area contributed by atoms with Gasteiger partial charge in [-0.1, -0.05) is 19.9 Å². The molecule has 4 aromatic rings. The van der Waals surface area contributed by atoms with Crippen molar-refractivity contribution in [2.45, 2.75) is 39.3 Å². The summed E-state index contributed by atoms with van der Waals surface area (Å²) in [6.07, 6.45) is 8.36. The van der Waals surface area contributed by atoms with Gasteiger partial charge in [0.15, 0.2) is 5.82 Å². The summed E-state index contributed by atoms with van der Waals surface area (Å²) in [6.45, 7) is 7.56. The largest absolute Gasteiger partial charge is 0.394 e. The number of hydrogen-bond donors (Lipinski definition) is 2. The van der Waals surface area contributed by atoms with Crippen LogP contribution in [0.15, 0.2) is 49.1 Å². The lowest BCUT2D eigenvalue weighted by Crippen LogP contribution is -2.57. The molecule has 1 fully saturated rings. The molecule has 11 heteroatoms. The average Bonchev–Trinajstić information content (AvgIpc) is 3.34. The van der Waals surface area contributed by atoms with Crippen LogP contribution in [-0.2, 0) is 16.4 Å². The van der Waals surface area contributed by atoms with Crippen molar-refractivity contribution in [3.63, 3.8) is 0 Å². The molecule has 0 spiro atoms. The summed E-state index contributed by atoms with van der Waals surface area (Å²) in [6, 6.07) is 8.27. The molecule has 1 aromatic carbocycles. The third-order valence-electron chi connectivity index (χ3n) is 7.10. The highest BCUT2D eigenvalue weighted by molar-refractivity contribution is 7.90. The maximum absolute atomic E-state index is 11.8. The van der Waals surface area contributed by atoms with Crippen LogP contribution in [0, 0.1) is 5.92 Å². The fourth-order valence-electron chi connectivity index (χ4n) is 5.06. The predicted octanol–water partition coefficient (Wildman–Crippen LogP) is 3.62. The summed E-state index contributed by atoms with van der Waals surface area (Å²) in [4.78, 5) is 16.0. The highest BCUT2D eigenvalue weighted by Crippen LogP contribution is 2.39. The number of hydrogen-bond acceptors (Lipinski definition) is 9. The molecule has 0 radical (unpaired) electrons. The summed E-state index contributed by atoms with van der Waals surface area (Å²) in [5.74, 6) is 2.46. The van der Waals surface area contributed by atoms with Crippen molar-refractivity contribution >= 4 is 37.9 Å². The van der Waals surface area contributed by atoms with Crippen molar-refractivity contribution in [3.8, 4) is 11.4 Å². The second kappa shape index (κ2) is 10.3. The number of benzene rings is 1. The quantitative estimate of drug-likeness (QED) is 0.330. The van der Waals surface area contributed by atoms with E-state index in [4.69, 9.17) is 10.1 Å². The number of fused-ring (bicyclic) bond motifs is 1. The zero-order valence-electron chi connectivity index (χ0n) is 22.0. The highest BCUT2D eigenvalue weighted by Gasteiger charge is 2.38. The first-order valence-electron chi connectivity index (χ1n) is 12.7. The normalized spacial score (nSPS) is 17.7. The van der Waals surface area contributed by atoms with Crippen molar-refractivity contribution in [2.75, 3.05) is 35.4 Å². The van der Waals surface area contributed by atoms with Crippen molar-refractivity contribution in [3.05, 3.63) is 54.6 Å². The van der Waals surface area contributed by atoms with Crippen molar-refractivity contribution in [2.24, 2.45) is 5.92 Å². The van der Waals surface area contributed by atoms with E-state index in [9.17, 15) is 8.42 Å². The molecule has 2 atom stereocenters. The number of rotatable bonds is 9. The van der Waals surface area contributed by atoms with Crippen LogP contribution in [0.1, 0.15) is 32.3 Å². The maximum atomic E-state index is 11.8. The minimum Gasteiger partial charge on any atom is -0.394 e. The van der Waals surface area contributed by atoms with Gasteiger partial charge in [0.2, 0.25) is 0 Å². The molecule has 1 aliphatic heterocycles. The third-order valence-corrected chi connectivity index (χ3v) is 8.13. The molecule has 0 saturated carbocycles. The van der Waals surface area contributed by atoms with E-state index in [-0.39, 0.29) is 24.3 Å². The second-order valence-corrected chi connectivity index (χ2v) is 12.5. The lowest BCUT2D eigenvalue weighted by molar-refractivity contribution is 0.269. The molecule has 0 unspecified atom stereocenters. The molecule has 0 bridgehead atoms. The Morgan fingerprint density at radius 1 is 1.13 bits per heavy atom. The molecule has 1 saturated heterocycles. The van der Waals surface area contributed by atoms with Gasteiger partial charge in [-0.3, -0.25) is 4.68 Å². The standard InChI is InChI=1S/C27H33N7O3S/c1-17(2)21-5-6-24(34-15-20(18(34)3)16-38(4,36)37)23-13-29-26(11-22(21)23)31-25-7-8-28-27(32-25)19-12-30-33(14-19)9-10-35/h5-8,11-14,17-18,20,35H,9-10,15-16H2,1-4H3,(H,28,29,31,32)/t18-,20-/m1/s1. The Hall–Kier alpha value is -3.57. The second-order valence-electron chi connectivity index (χ2n) is 10.3. The Morgan fingerprint density at radius 3 is 2.66 bits per heavy atom. The molecule has 0 amide bonds. The van der Waals surface area contributed by atoms with Crippen LogP contribution >= 0.6 is 0 Å². The molecule has 200 valence electrons. The van der Waals surface area contributed by atoms with E-state index in [1.54, 1.807) is 29.3 Å². The van der Waals surface area contributed by atoms with Gasteiger partial charge in [-0.15, -0.1) is 0 Å². The van der Waals surface area contributed by atoms with Gasteiger partial charge in [0.25, 0.3) is 0 Å². The van der Waals surface area contributed by atoms with E-state index in [1.165, 1.54) is 11.8 Å². The zero-order valence-corrected chi connectivity index (χ0v) is 22.9. The number of aliphatic hydroxyl groups is 1. The van der Waals surface area contributed by atoms with Crippen LogP contribution in [0.5, 0.6) is 0 Å². The highest BCUT2D eigenvalue weighted by atomic mass is 32.2. The molecular formula is C27H33N7O3S. The number of nitrogens with zero attached hydrogens (tertiary/aromatic N) is 6. The van der Waals surface area contributed by atoms with Crippen LogP contribution in [0.3, 0.4) is 0 Å². The molecule has 2 N–H and O–H groups in total. The topological polar surface area (TPSA) is 126 Å². The van der Waals surface area contributed by atoms with Gasteiger partial charge in [0.1, 0.15) is 21.5 Å². The average molecular weight is 536 g/mol. The first kappa shape index (κ1) is 26.1. The van der Waals surface area contributed by atoms with E-state index >= 15 is 0 Å². The fourth-order valence-corrected chi connectivity index (χ4v) is 6.22. The first-order chi connectivity index (χ1) is 18.1. The summed E-state index contributed by atoms with van der Waals surface area (Å²) in [5, 5.41) is 18.8. The first-order valence-corrected chi connectivity index (χ1v) is 14.8. The van der Waals surface area contributed by atoms with Gasteiger partial charge in [-0.25, -0.2) is 23.4 Å². The number of nitrogens with one attached hydrogen (secondary N) is 1. The van der Waals surface area contributed by atoms with Gasteiger partial charge in [-0.2, -0.15) is 5.10 Å². The van der Waals surface area contributed by atoms with Crippen molar-refractivity contribution < 1.29 is 13.5 Å². The Kier molecular flexibility index (Phi) is 7.06. The summed E-state index contributed by atoms with van der Waals surface area (Å²) >= 11 is 0. The molecule has 38 heavy (non-hydrogen) atoms. The summed E-state index contributed by atoms with van der Waals surface area (Å²) in [7, 11) is -3.01. The maximum Gasteiger partial charge on any atom is 0.164 e. The van der Waals surface area contributed by atoms with Crippen LogP contribution in [0.25, 0.3) is 22.2 Å². The fraction of sp³-hybridized carbons (Fsp3) is 0.407. The van der Waals surface area contributed by atoms with E-state index in [0.717, 1.165) is 22.0 Å². The number of aromatic nitrogens is 5. The minimum absolute atomic E-state index is 0.00911. The van der Waals surface area contributed by atoms with E-state index < -0.39 is 9.84 Å². The van der Waals surface area contributed by atoms with Gasteiger partial charge in [0.05, 0.1) is 30.7 Å². The van der Waals surface area contributed by atoms with Crippen LogP contribution in [-0.4, -0.2) is 69.5 Å². The Balaban J connectivity index is 1.43. The Labute approximate surface area is 222 Å². The van der Waals surface area contributed by atoms with Crippen LogP contribution in [0.2, 0.25) is 0 Å². The molecular weight excluding hydrogens is 502 g/mol. The summed E-state index contributed by atoms with van der Waals surface area (Å²) in [5.41, 5.74) is 3.05. The minimum atomic E-state index is -3.01.